The minimum absolute atomic E-state index is 0.0893. The predicted octanol–water partition coefficient (Wildman–Crippen LogP) is 1.20. The summed E-state index contributed by atoms with van der Waals surface area (Å²) in [6.45, 7) is 1.67. The number of carbonyl (C=O) groups excluding carboxylic acids is 1. The molecule has 16 heavy (non-hydrogen) atoms. The third kappa shape index (κ3) is 2.28. The molecule has 2 N–H and O–H groups in total. The first kappa shape index (κ1) is 12.0. The van der Waals surface area contributed by atoms with E-state index in [0.29, 0.717) is 5.56 Å². The van der Waals surface area contributed by atoms with Gasteiger partial charge in [0.1, 0.15) is 5.69 Å². The van der Waals surface area contributed by atoms with E-state index >= 15 is 0 Å². The van der Waals surface area contributed by atoms with Crippen LogP contribution < -0.4 is 5.73 Å². The molecule has 0 aromatic heterocycles. The number of rotatable bonds is 3. The number of hydrogen-bond donors (Lipinski definition) is 1. The van der Waals surface area contributed by atoms with Gasteiger partial charge in [-0.25, -0.2) is 0 Å². The van der Waals surface area contributed by atoms with Crippen molar-refractivity contribution < 1.29 is 14.5 Å². The quantitative estimate of drug-likeness (QED) is 0.360. The number of nitro benzene ring substituents is 1. The van der Waals surface area contributed by atoms with E-state index in [0.717, 1.165) is 0 Å². The van der Waals surface area contributed by atoms with Crippen molar-refractivity contribution in [3.63, 3.8) is 0 Å². The van der Waals surface area contributed by atoms with Crippen molar-refractivity contribution in [1.82, 2.24) is 0 Å². The number of hydrogen-bond acceptors (Lipinski definition) is 5. The number of carbonyl (C=O) groups is 1. The molecule has 0 heterocycles. The molecule has 0 fully saturated rings. The molecule has 1 rings (SSSR count). The number of nitrogens with zero attached hydrogens (tertiary/aromatic N) is 1. The van der Waals surface area contributed by atoms with Crippen molar-refractivity contribution in [2.45, 2.75) is 13.3 Å². The number of nitrogen functional groups attached to an aromatic ring is 1. The van der Waals surface area contributed by atoms with Gasteiger partial charge in [-0.05, 0) is 12.5 Å². The van der Waals surface area contributed by atoms with Crippen molar-refractivity contribution in [1.29, 1.82) is 0 Å². The van der Waals surface area contributed by atoms with Crippen LogP contribution in [-0.4, -0.2) is 18.0 Å². The summed E-state index contributed by atoms with van der Waals surface area (Å²) in [5.41, 5.74) is 6.36. The van der Waals surface area contributed by atoms with Gasteiger partial charge < -0.3 is 10.5 Å². The molecule has 0 aliphatic carbocycles. The Kier molecular flexibility index (Phi) is 3.44. The molecule has 0 spiro atoms. The highest BCUT2D eigenvalue weighted by Crippen LogP contribution is 2.29. The molecule has 1 aromatic carbocycles. The Labute approximate surface area is 92.2 Å². The lowest BCUT2D eigenvalue weighted by molar-refractivity contribution is -0.384. The van der Waals surface area contributed by atoms with E-state index in [1.54, 1.807) is 13.0 Å². The maximum absolute atomic E-state index is 11.1. The minimum Gasteiger partial charge on any atom is -0.469 e. The topological polar surface area (TPSA) is 95.5 Å². The standard InChI is InChI=1S/C10H12N2O4/c1-6-3-4-7(5-8(13)16-2)10(9(6)11)12(14)15/h3-4H,5,11H2,1-2H3. The molecule has 0 radical (unpaired) electrons. The molecule has 0 aliphatic rings. The van der Waals surface area contributed by atoms with E-state index in [9.17, 15) is 14.9 Å². The zero-order chi connectivity index (χ0) is 12.3. The van der Waals surface area contributed by atoms with Crippen molar-refractivity contribution in [2.75, 3.05) is 12.8 Å². The summed E-state index contributed by atoms with van der Waals surface area (Å²) in [6.07, 6.45) is -0.155. The largest absolute Gasteiger partial charge is 0.469 e. The van der Waals surface area contributed by atoms with Crippen LogP contribution in [-0.2, 0) is 16.0 Å². The highest BCUT2D eigenvalue weighted by molar-refractivity contribution is 5.77. The van der Waals surface area contributed by atoms with Gasteiger partial charge in [0.15, 0.2) is 0 Å². The SMILES string of the molecule is COC(=O)Cc1ccc(C)c(N)c1[N+](=O)[O-]. The van der Waals surface area contributed by atoms with E-state index in [2.05, 4.69) is 4.74 Å². The summed E-state index contributed by atoms with van der Waals surface area (Å²) in [5.74, 6) is -0.536. The fourth-order valence-electron chi connectivity index (χ4n) is 1.34. The molecule has 1 aromatic rings. The number of anilines is 1. The van der Waals surface area contributed by atoms with Gasteiger partial charge in [0.25, 0.3) is 5.69 Å². The van der Waals surface area contributed by atoms with Crippen LogP contribution in [0.25, 0.3) is 0 Å². The Morgan fingerprint density at radius 3 is 2.69 bits per heavy atom. The van der Waals surface area contributed by atoms with E-state index in [1.807, 2.05) is 0 Å². The van der Waals surface area contributed by atoms with Crippen LogP contribution in [0, 0.1) is 17.0 Å². The first-order valence-corrected chi connectivity index (χ1v) is 4.56. The summed E-state index contributed by atoms with van der Waals surface area (Å²) in [6, 6.07) is 3.15. The number of benzene rings is 1. The van der Waals surface area contributed by atoms with Crippen molar-refractivity contribution in [3.05, 3.63) is 33.4 Å². The third-order valence-corrected chi connectivity index (χ3v) is 2.26. The average Bonchev–Trinajstić information content (AvgIpc) is 2.23. The zero-order valence-electron chi connectivity index (χ0n) is 9.02. The van der Waals surface area contributed by atoms with Crippen molar-refractivity contribution >= 4 is 17.3 Å². The number of nitrogens with two attached hydrogens (primary N) is 1. The van der Waals surface area contributed by atoms with Crippen LogP contribution in [0.15, 0.2) is 12.1 Å². The second kappa shape index (κ2) is 4.61. The van der Waals surface area contributed by atoms with Crippen molar-refractivity contribution in [2.24, 2.45) is 0 Å². The molecule has 6 nitrogen and oxygen atoms in total. The van der Waals surface area contributed by atoms with Gasteiger partial charge in [-0.3, -0.25) is 14.9 Å². The maximum Gasteiger partial charge on any atom is 0.310 e. The van der Waals surface area contributed by atoms with E-state index in [-0.39, 0.29) is 23.4 Å². The molecular weight excluding hydrogens is 212 g/mol. The van der Waals surface area contributed by atoms with Gasteiger partial charge in [0.2, 0.25) is 0 Å². The lowest BCUT2D eigenvalue weighted by Crippen LogP contribution is -2.09. The van der Waals surface area contributed by atoms with E-state index in [4.69, 9.17) is 5.73 Å². The molecule has 0 bridgehead atoms. The van der Waals surface area contributed by atoms with Crippen LogP contribution >= 0.6 is 0 Å². The Hall–Kier alpha value is -2.11. The van der Waals surface area contributed by atoms with Crippen molar-refractivity contribution in [3.8, 4) is 0 Å². The second-order valence-electron chi connectivity index (χ2n) is 3.31. The van der Waals surface area contributed by atoms with Crippen LogP contribution in [0.1, 0.15) is 11.1 Å². The van der Waals surface area contributed by atoms with Crippen LogP contribution in [0.2, 0.25) is 0 Å². The molecule has 0 amide bonds. The van der Waals surface area contributed by atoms with Gasteiger partial charge in [0, 0.05) is 5.56 Å². The molecule has 86 valence electrons. The Morgan fingerprint density at radius 2 is 2.19 bits per heavy atom. The molecule has 6 heteroatoms. The van der Waals surface area contributed by atoms with Gasteiger partial charge in [-0.15, -0.1) is 0 Å². The average molecular weight is 224 g/mol. The molecule has 0 saturated heterocycles. The molecule has 0 unspecified atom stereocenters. The summed E-state index contributed by atoms with van der Waals surface area (Å²) < 4.78 is 4.46. The number of esters is 1. The predicted molar refractivity (Wildman–Crippen MR) is 58.0 cm³/mol. The molecule has 0 atom stereocenters. The van der Waals surface area contributed by atoms with Gasteiger partial charge in [-0.1, -0.05) is 12.1 Å². The van der Waals surface area contributed by atoms with Crippen LogP contribution in [0.3, 0.4) is 0 Å². The number of ether oxygens (including phenoxy) is 1. The maximum atomic E-state index is 11.1. The molecule has 0 aliphatic heterocycles. The summed E-state index contributed by atoms with van der Waals surface area (Å²) in [7, 11) is 1.23. The number of methoxy groups -OCH3 is 1. The fourth-order valence-corrected chi connectivity index (χ4v) is 1.34. The summed E-state index contributed by atoms with van der Waals surface area (Å²) in [5, 5.41) is 10.8. The number of aryl methyl sites for hydroxylation is 1. The lowest BCUT2D eigenvalue weighted by Gasteiger charge is -2.06. The Morgan fingerprint density at radius 1 is 1.56 bits per heavy atom. The minimum atomic E-state index is -0.583. The Bertz CT molecular complexity index is 443. The first-order chi connectivity index (χ1) is 7.47. The van der Waals surface area contributed by atoms with Crippen LogP contribution in [0.5, 0.6) is 0 Å². The van der Waals surface area contributed by atoms with Gasteiger partial charge >= 0.3 is 5.97 Å². The van der Waals surface area contributed by atoms with E-state index in [1.165, 1.54) is 13.2 Å². The molecular formula is C10H12N2O4. The first-order valence-electron chi connectivity index (χ1n) is 4.56. The summed E-state index contributed by atoms with van der Waals surface area (Å²) >= 11 is 0. The Balaban J connectivity index is 3.23. The lowest BCUT2D eigenvalue weighted by atomic mass is 10.0. The van der Waals surface area contributed by atoms with Gasteiger partial charge in [0.05, 0.1) is 18.5 Å². The monoisotopic (exact) mass is 224 g/mol. The fraction of sp³-hybridized carbons (Fsp3) is 0.300. The van der Waals surface area contributed by atoms with E-state index < -0.39 is 10.9 Å². The smallest absolute Gasteiger partial charge is 0.310 e. The second-order valence-corrected chi connectivity index (χ2v) is 3.31. The third-order valence-electron chi connectivity index (χ3n) is 2.26. The normalized spacial score (nSPS) is 9.88. The number of nitro groups is 1. The highest BCUT2D eigenvalue weighted by atomic mass is 16.6. The zero-order valence-corrected chi connectivity index (χ0v) is 9.02. The van der Waals surface area contributed by atoms with Gasteiger partial charge in [-0.2, -0.15) is 0 Å². The highest BCUT2D eigenvalue weighted by Gasteiger charge is 2.21. The summed E-state index contributed by atoms with van der Waals surface area (Å²) in [4.78, 5) is 21.3. The molecule has 0 saturated carbocycles. The van der Waals surface area contributed by atoms with Crippen LogP contribution in [0.4, 0.5) is 11.4 Å².